The van der Waals surface area contributed by atoms with Gasteiger partial charge in [-0.3, -0.25) is 10.1 Å². The minimum atomic E-state index is -1.09. The lowest BCUT2D eigenvalue weighted by molar-refractivity contribution is -0.149. The number of aromatic nitrogens is 1. The van der Waals surface area contributed by atoms with Crippen LogP contribution in [0.25, 0.3) is 17.0 Å². The summed E-state index contributed by atoms with van der Waals surface area (Å²) in [5, 5.41) is 6.01. The van der Waals surface area contributed by atoms with Gasteiger partial charge in [0.05, 0.1) is 11.2 Å². The second kappa shape index (κ2) is 9.82. The molecule has 7 nitrogen and oxygen atoms in total. The van der Waals surface area contributed by atoms with Crippen molar-refractivity contribution in [3.8, 4) is 0 Å². The summed E-state index contributed by atoms with van der Waals surface area (Å²) in [4.78, 5) is 40.4. The summed E-state index contributed by atoms with van der Waals surface area (Å²) >= 11 is 0. The molecule has 2 aromatic rings. The Morgan fingerprint density at radius 2 is 1.86 bits per heavy atom. The Bertz CT molecular complexity index is 919. The first-order valence-electron chi connectivity index (χ1n) is 9.87. The Morgan fingerprint density at radius 3 is 2.66 bits per heavy atom. The molecule has 0 saturated heterocycles. The maximum Gasteiger partial charge on any atom is 0.331 e. The molecule has 0 aliphatic heterocycles. The molecule has 2 N–H and O–H groups in total. The van der Waals surface area contributed by atoms with Gasteiger partial charge in [0, 0.05) is 17.5 Å². The van der Waals surface area contributed by atoms with Gasteiger partial charge in [-0.1, -0.05) is 43.5 Å². The third-order valence-electron chi connectivity index (χ3n) is 4.85. The molecule has 29 heavy (non-hydrogen) atoms. The number of esters is 1. The van der Waals surface area contributed by atoms with Gasteiger partial charge < -0.3 is 10.1 Å². The second-order valence-electron chi connectivity index (χ2n) is 7.14. The van der Waals surface area contributed by atoms with Crippen LogP contribution < -0.4 is 10.6 Å². The average molecular weight is 395 g/mol. The van der Waals surface area contributed by atoms with Crippen LogP contribution in [0.1, 0.15) is 44.7 Å². The zero-order valence-electron chi connectivity index (χ0n) is 16.4. The van der Waals surface area contributed by atoms with Crippen molar-refractivity contribution < 1.29 is 19.1 Å². The van der Waals surface area contributed by atoms with Gasteiger partial charge in [-0.15, -0.1) is 0 Å². The minimum Gasteiger partial charge on any atom is -0.449 e. The first-order valence-corrected chi connectivity index (χ1v) is 9.87. The Labute approximate surface area is 169 Å². The highest BCUT2D eigenvalue weighted by molar-refractivity contribution is 5.98. The molecule has 3 amide bonds. The first-order chi connectivity index (χ1) is 14.0. The summed E-state index contributed by atoms with van der Waals surface area (Å²) in [7, 11) is 0. The zero-order valence-corrected chi connectivity index (χ0v) is 16.4. The van der Waals surface area contributed by atoms with Gasteiger partial charge in [0.2, 0.25) is 0 Å². The molecule has 1 aromatic carbocycles. The fourth-order valence-electron chi connectivity index (χ4n) is 3.28. The lowest BCUT2D eigenvalue weighted by Gasteiger charge is -2.23. The van der Waals surface area contributed by atoms with Gasteiger partial charge in [0.25, 0.3) is 5.91 Å². The van der Waals surface area contributed by atoms with Crippen molar-refractivity contribution in [2.45, 2.75) is 51.2 Å². The maximum atomic E-state index is 12.1. The number of hydrogen-bond donors (Lipinski definition) is 2. The highest BCUT2D eigenvalue weighted by atomic mass is 16.5. The van der Waals surface area contributed by atoms with Crippen molar-refractivity contribution in [3.63, 3.8) is 0 Å². The molecule has 1 fully saturated rings. The van der Waals surface area contributed by atoms with E-state index in [4.69, 9.17) is 4.74 Å². The van der Waals surface area contributed by atoms with E-state index >= 15 is 0 Å². The van der Waals surface area contributed by atoms with Gasteiger partial charge >= 0.3 is 12.0 Å². The summed E-state index contributed by atoms with van der Waals surface area (Å²) in [6.07, 6.45) is 6.80. The van der Waals surface area contributed by atoms with Crippen molar-refractivity contribution in [1.82, 2.24) is 15.6 Å². The molecule has 3 rings (SSSR count). The number of amides is 3. The van der Waals surface area contributed by atoms with Crippen molar-refractivity contribution >= 4 is 34.9 Å². The number of carbonyl (C=O) groups excluding carboxylic acids is 3. The Balaban J connectivity index is 1.47. The topological polar surface area (TPSA) is 97.4 Å². The van der Waals surface area contributed by atoms with Crippen molar-refractivity contribution in [2.75, 3.05) is 0 Å². The maximum absolute atomic E-state index is 12.1. The second-order valence-corrected chi connectivity index (χ2v) is 7.14. The van der Waals surface area contributed by atoms with Gasteiger partial charge in [-0.2, -0.15) is 0 Å². The van der Waals surface area contributed by atoms with Gasteiger partial charge in [0.1, 0.15) is 0 Å². The number of nitrogens with one attached hydrogen (secondary N) is 2. The van der Waals surface area contributed by atoms with Crippen LogP contribution >= 0.6 is 0 Å². The molecular weight excluding hydrogens is 370 g/mol. The van der Waals surface area contributed by atoms with E-state index in [-0.39, 0.29) is 6.04 Å². The Kier molecular flexibility index (Phi) is 6.94. The summed E-state index contributed by atoms with van der Waals surface area (Å²) in [6.45, 7) is 1.42. The van der Waals surface area contributed by atoms with Crippen LogP contribution in [-0.4, -0.2) is 35.0 Å². The molecule has 152 valence electrons. The minimum absolute atomic E-state index is 0.0896. The number of fused-ring (bicyclic) bond motifs is 1. The largest absolute Gasteiger partial charge is 0.449 e. The predicted octanol–water partition coefficient (Wildman–Crippen LogP) is 3.34. The molecule has 1 aliphatic carbocycles. The van der Waals surface area contributed by atoms with E-state index in [2.05, 4.69) is 15.6 Å². The fourth-order valence-corrected chi connectivity index (χ4v) is 3.28. The van der Waals surface area contributed by atoms with Gasteiger partial charge in [0.15, 0.2) is 6.10 Å². The van der Waals surface area contributed by atoms with Gasteiger partial charge in [-0.25, -0.2) is 14.6 Å². The molecule has 1 atom stereocenters. The van der Waals surface area contributed by atoms with E-state index in [0.29, 0.717) is 5.69 Å². The number of imide groups is 1. The highest BCUT2D eigenvalue weighted by Crippen LogP contribution is 2.17. The molecule has 0 bridgehead atoms. The zero-order chi connectivity index (χ0) is 20.6. The molecule has 1 saturated carbocycles. The summed E-state index contributed by atoms with van der Waals surface area (Å²) in [5.74, 6) is -1.35. The van der Waals surface area contributed by atoms with Crippen LogP contribution in [0.3, 0.4) is 0 Å². The normalized spacial score (nSPS) is 15.8. The monoisotopic (exact) mass is 395 g/mol. The standard InChI is InChI=1S/C22H25N3O4/c1-15(21(27)25-22(28)24-17-8-3-2-4-9-17)29-20(26)14-13-18-12-11-16-7-5-6-10-19(16)23-18/h5-7,10-15,17H,2-4,8-9H2,1H3,(H2,24,25,27,28)/b14-13+/t15-/m0/s1. The number of pyridine rings is 1. The van der Waals surface area contributed by atoms with Crippen LogP contribution in [0.2, 0.25) is 0 Å². The number of rotatable bonds is 5. The quantitative estimate of drug-likeness (QED) is 0.598. The summed E-state index contributed by atoms with van der Waals surface area (Å²) in [5.41, 5.74) is 1.42. The summed E-state index contributed by atoms with van der Waals surface area (Å²) < 4.78 is 5.07. The average Bonchev–Trinajstić information content (AvgIpc) is 2.72. The number of para-hydroxylation sites is 1. The Hall–Kier alpha value is -3.22. The predicted molar refractivity (Wildman–Crippen MR) is 110 cm³/mol. The van der Waals surface area contributed by atoms with Crippen molar-refractivity contribution in [1.29, 1.82) is 0 Å². The number of ether oxygens (including phenoxy) is 1. The molecule has 0 radical (unpaired) electrons. The van der Waals surface area contributed by atoms with E-state index in [1.807, 2.05) is 30.3 Å². The number of benzene rings is 1. The lowest BCUT2D eigenvalue weighted by Crippen LogP contribution is -2.48. The van der Waals surface area contributed by atoms with Crippen LogP contribution in [0.15, 0.2) is 42.5 Å². The molecule has 1 aromatic heterocycles. The Morgan fingerprint density at radius 1 is 1.10 bits per heavy atom. The highest BCUT2D eigenvalue weighted by Gasteiger charge is 2.21. The molecule has 1 heterocycles. The van der Waals surface area contributed by atoms with E-state index in [0.717, 1.165) is 36.6 Å². The molecule has 0 spiro atoms. The lowest BCUT2D eigenvalue weighted by atomic mass is 9.96. The van der Waals surface area contributed by atoms with Crippen molar-refractivity contribution in [2.24, 2.45) is 0 Å². The first kappa shape index (κ1) is 20.5. The fraction of sp³-hybridized carbons (Fsp3) is 0.364. The molecule has 0 unspecified atom stereocenters. The number of carbonyl (C=O) groups is 3. The third-order valence-corrected chi connectivity index (χ3v) is 4.85. The number of hydrogen-bond acceptors (Lipinski definition) is 5. The van der Waals surface area contributed by atoms with E-state index in [1.165, 1.54) is 25.5 Å². The van der Waals surface area contributed by atoms with E-state index < -0.39 is 24.0 Å². The molecule has 7 heteroatoms. The third kappa shape index (κ3) is 6.14. The van der Waals surface area contributed by atoms with Crippen LogP contribution in [0.5, 0.6) is 0 Å². The SMILES string of the molecule is C[C@H](OC(=O)/C=C/c1ccc2ccccc2n1)C(=O)NC(=O)NC1CCCCC1. The number of urea groups is 1. The number of nitrogens with zero attached hydrogens (tertiary/aromatic N) is 1. The smallest absolute Gasteiger partial charge is 0.331 e. The summed E-state index contributed by atoms with van der Waals surface area (Å²) in [6, 6.07) is 10.9. The van der Waals surface area contributed by atoms with E-state index in [9.17, 15) is 14.4 Å². The van der Waals surface area contributed by atoms with Crippen molar-refractivity contribution in [3.05, 3.63) is 48.2 Å². The van der Waals surface area contributed by atoms with Crippen LogP contribution in [0.4, 0.5) is 4.79 Å². The van der Waals surface area contributed by atoms with E-state index in [1.54, 1.807) is 6.07 Å². The van der Waals surface area contributed by atoms with Gasteiger partial charge in [-0.05, 0) is 38.0 Å². The van der Waals surface area contributed by atoms with Crippen LogP contribution in [-0.2, 0) is 14.3 Å². The van der Waals surface area contributed by atoms with Crippen LogP contribution in [0, 0.1) is 0 Å². The molecular formula is C22H25N3O4. The molecule has 1 aliphatic rings.